The summed E-state index contributed by atoms with van der Waals surface area (Å²) in [5.74, 6) is 0. The van der Waals surface area contributed by atoms with Crippen molar-refractivity contribution in [2.75, 3.05) is 20.1 Å². The van der Waals surface area contributed by atoms with E-state index in [0.717, 1.165) is 25.9 Å². The van der Waals surface area contributed by atoms with Crippen LogP contribution < -0.4 is 11.1 Å². The number of likely N-dealkylation sites (tertiary alicyclic amines) is 1. The number of rotatable bonds is 1. The molecule has 2 aliphatic rings. The molecule has 2 unspecified atom stereocenters. The highest BCUT2D eigenvalue weighted by molar-refractivity contribution is 4.99. The molecule has 86 valence electrons. The lowest BCUT2D eigenvalue weighted by molar-refractivity contribution is 0.115. The molecule has 15 heavy (non-hydrogen) atoms. The normalized spacial score (nSPS) is 34.7. The van der Waals surface area contributed by atoms with Crippen molar-refractivity contribution < 1.29 is 0 Å². The molecule has 0 amide bonds. The van der Waals surface area contributed by atoms with Crippen molar-refractivity contribution in [1.29, 1.82) is 0 Å². The van der Waals surface area contributed by atoms with E-state index in [1.54, 1.807) is 0 Å². The van der Waals surface area contributed by atoms with Gasteiger partial charge in [0.1, 0.15) is 0 Å². The van der Waals surface area contributed by atoms with Crippen LogP contribution in [0, 0.1) is 0 Å². The van der Waals surface area contributed by atoms with Crippen LogP contribution in [0.3, 0.4) is 0 Å². The van der Waals surface area contributed by atoms with E-state index in [0.29, 0.717) is 18.4 Å². The van der Waals surface area contributed by atoms with Gasteiger partial charge in [-0.25, -0.2) is 0 Å². The van der Waals surface area contributed by atoms with Crippen LogP contribution in [0.15, 0.2) is 12.3 Å². The standard InChI is InChI=1S/C11H22N4/c1-9-13-11(5-6-14(9)2)15-7-3-10(12)4-8-15/h5-6,9-11,13H,3-4,7-8,12H2,1-2H3. The molecule has 4 nitrogen and oxygen atoms in total. The molecule has 2 rings (SSSR count). The van der Waals surface area contributed by atoms with E-state index in [1.807, 2.05) is 0 Å². The average Bonchev–Trinajstić information content (AvgIpc) is 2.23. The summed E-state index contributed by atoms with van der Waals surface area (Å²) in [4.78, 5) is 4.66. The van der Waals surface area contributed by atoms with Crippen molar-refractivity contribution in [1.82, 2.24) is 15.1 Å². The molecule has 0 saturated carbocycles. The van der Waals surface area contributed by atoms with Gasteiger partial charge in [-0.15, -0.1) is 0 Å². The molecule has 0 bridgehead atoms. The third-order valence-corrected chi connectivity index (χ3v) is 3.49. The first-order valence-corrected chi connectivity index (χ1v) is 5.83. The molecule has 2 aliphatic heterocycles. The zero-order valence-corrected chi connectivity index (χ0v) is 9.69. The molecule has 0 aliphatic carbocycles. The molecular formula is C11H22N4. The topological polar surface area (TPSA) is 44.5 Å². The van der Waals surface area contributed by atoms with Crippen molar-refractivity contribution in [3.63, 3.8) is 0 Å². The van der Waals surface area contributed by atoms with Gasteiger partial charge >= 0.3 is 0 Å². The van der Waals surface area contributed by atoms with Crippen molar-refractivity contribution >= 4 is 0 Å². The van der Waals surface area contributed by atoms with Gasteiger partial charge in [0.2, 0.25) is 0 Å². The number of nitrogens with one attached hydrogen (secondary N) is 1. The van der Waals surface area contributed by atoms with Gasteiger partial charge in [-0.3, -0.25) is 10.2 Å². The number of nitrogens with two attached hydrogens (primary N) is 1. The van der Waals surface area contributed by atoms with Crippen molar-refractivity contribution in [3.8, 4) is 0 Å². The lowest BCUT2D eigenvalue weighted by Crippen LogP contribution is -2.56. The van der Waals surface area contributed by atoms with Crippen LogP contribution in [-0.2, 0) is 0 Å². The molecular weight excluding hydrogens is 188 g/mol. The summed E-state index contributed by atoms with van der Waals surface area (Å²) >= 11 is 0. The Hall–Kier alpha value is -0.580. The fourth-order valence-electron chi connectivity index (χ4n) is 2.19. The summed E-state index contributed by atoms with van der Waals surface area (Å²) in [5.41, 5.74) is 5.90. The molecule has 1 fully saturated rings. The Morgan fingerprint density at radius 3 is 2.60 bits per heavy atom. The third kappa shape index (κ3) is 2.51. The van der Waals surface area contributed by atoms with E-state index in [4.69, 9.17) is 5.73 Å². The number of nitrogens with zero attached hydrogens (tertiary/aromatic N) is 2. The van der Waals surface area contributed by atoms with E-state index in [9.17, 15) is 0 Å². The lowest BCUT2D eigenvalue weighted by Gasteiger charge is -2.41. The van der Waals surface area contributed by atoms with Crippen molar-refractivity contribution in [3.05, 3.63) is 12.3 Å². The van der Waals surface area contributed by atoms with Gasteiger partial charge < -0.3 is 10.6 Å². The fraction of sp³-hybridized carbons (Fsp3) is 0.818. The molecule has 2 heterocycles. The minimum Gasteiger partial charge on any atom is -0.366 e. The molecule has 0 aromatic carbocycles. The summed E-state index contributed by atoms with van der Waals surface area (Å²) in [7, 11) is 2.09. The predicted octanol–water partition coefficient (Wildman–Crippen LogP) is 0.130. The Balaban J connectivity index is 1.92. The minimum atomic E-state index is 0.392. The van der Waals surface area contributed by atoms with Gasteiger partial charge in [0.25, 0.3) is 0 Å². The van der Waals surface area contributed by atoms with Gasteiger partial charge in [-0.1, -0.05) is 0 Å². The number of hydrogen-bond acceptors (Lipinski definition) is 4. The maximum Gasteiger partial charge on any atom is 0.0822 e. The second-order valence-electron chi connectivity index (χ2n) is 4.67. The second kappa shape index (κ2) is 4.51. The highest BCUT2D eigenvalue weighted by Crippen LogP contribution is 2.14. The summed E-state index contributed by atoms with van der Waals surface area (Å²) in [5, 5.41) is 3.57. The van der Waals surface area contributed by atoms with Crippen molar-refractivity contribution in [2.45, 2.75) is 38.1 Å². The van der Waals surface area contributed by atoms with Crippen LogP contribution in [0.2, 0.25) is 0 Å². The van der Waals surface area contributed by atoms with E-state index in [1.165, 1.54) is 0 Å². The first-order valence-electron chi connectivity index (χ1n) is 5.83. The summed E-state index contributed by atoms with van der Waals surface area (Å²) < 4.78 is 0. The van der Waals surface area contributed by atoms with Gasteiger partial charge in [-0.2, -0.15) is 0 Å². The smallest absolute Gasteiger partial charge is 0.0822 e. The van der Waals surface area contributed by atoms with Crippen LogP contribution in [0.1, 0.15) is 19.8 Å². The van der Waals surface area contributed by atoms with E-state index < -0.39 is 0 Å². The molecule has 3 N–H and O–H groups in total. The highest BCUT2D eigenvalue weighted by Gasteiger charge is 2.25. The molecule has 0 aromatic rings. The highest BCUT2D eigenvalue weighted by atomic mass is 15.4. The summed E-state index contributed by atoms with van der Waals surface area (Å²) in [6.45, 7) is 4.41. The van der Waals surface area contributed by atoms with Crippen LogP contribution in [-0.4, -0.2) is 48.3 Å². The predicted molar refractivity (Wildman–Crippen MR) is 62.1 cm³/mol. The van der Waals surface area contributed by atoms with E-state index in [2.05, 4.69) is 41.4 Å². The Bertz CT molecular complexity index is 233. The lowest BCUT2D eigenvalue weighted by atomic mass is 10.1. The quantitative estimate of drug-likeness (QED) is 0.646. The fourth-order valence-corrected chi connectivity index (χ4v) is 2.19. The van der Waals surface area contributed by atoms with Crippen molar-refractivity contribution in [2.24, 2.45) is 5.73 Å². The zero-order valence-electron chi connectivity index (χ0n) is 9.69. The molecule has 0 radical (unpaired) electrons. The summed E-state index contributed by atoms with van der Waals surface area (Å²) in [6.07, 6.45) is 7.45. The van der Waals surface area contributed by atoms with Gasteiger partial charge in [0.15, 0.2) is 0 Å². The van der Waals surface area contributed by atoms with Crippen LogP contribution in [0.4, 0.5) is 0 Å². The van der Waals surface area contributed by atoms with Crippen LogP contribution in [0.5, 0.6) is 0 Å². The summed E-state index contributed by atoms with van der Waals surface area (Å²) in [6, 6.07) is 0.411. The first-order chi connectivity index (χ1) is 7.16. The van der Waals surface area contributed by atoms with Gasteiger partial charge in [-0.05, 0) is 32.0 Å². The Kier molecular flexibility index (Phi) is 3.29. The minimum absolute atomic E-state index is 0.392. The SMILES string of the molecule is CC1NC(N2CCC(N)CC2)C=CN1C. The second-order valence-corrected chi connectivity index (χ2v) is 4.67. The molecule has 0 aromatic heterocycles. The molecule has 0 spiro atoms. The average molecular weight is 210 g/mol. The molecule has 2 atom stereocenters. The maximum atomic E-state index is 5.90. The Morgan fingerprint density at radius 1 is 1.33 bits per heavy atom. The van der Waals surface area contributed by atoms with E-state index >= 15 is 0 Å². The Morgan fingerprint density at radius 2 is 2.00 bits per heavy atom. The zero-order chi connectivity index (χ0) is 10.8. The number of hydrogen-bond donors (Lipinski definition) is 2. The van der Waals surface area contributed by atoms with Crippen LogP contribution in [0.25, 0.3) is 0 Å². The molecule has 1 saturated heterocycles. The van der Waals surface area contributed by atoms with E-state index in [-0.39, 0.29) is 0 Å². The van der Waals surface area contributed by atoms with Gasteiger partial charge in [0.05, 0.1) is 12.3 Å². The largest absolute Gasteiger partial charge is 0.366 e. The van der Waals surface area contributed by atoms with Gasteiger partial charge in [0, 0.05) is 26.2 Å². The molecule has 4 heteroatoms. The Labute approximate surface area is 92.1 Å². The third-order valence-electron chi connectivity index (χ3n) is 3.49. The van der Waals surface area contributed by atoms with Crippen LogP contribution >= 0.6 is 0 Å². The monoisotopic (exact) mass is 210 g/mol. The first kappa shape index (κ1) is 10.9. The maximum absolute atomic E-state index is 5.90. The number of piperidine rings is 1.